The lowest BCUT2D eigenvalue weighted by Gasteiger charge is -2.12. The summed E-state index contributed by atoms with van der Waals surface area (Å²) in [5.74, 6) is 1.49. The van der Waals surface area contributed by atoms with Crippen molar-refractivity contribution in [1.29, 1.82) is 0 Å². The minimum atomic E-state index is -0.165. The van der Waals surface area contributed by atoms with E-state index in [1.54, 1.807) is 12.2 Å². The van der Waals surface area contributed by atoms with Gasteiger partial charge in [-0.15, -0.1) is 0 Å². The fraction of sp³-hybridized carbons (Fsp3) is 0.348. The summed E-state index contributed by atoms with van der Waals surface area (Å²) in [7, 11) is 0. The molecule has 142 valence electrons. The molecule has 1 atom stereocenters. The second-order valence-corrected chi connectivity index (χ2v) is 7.16. The zero-order valence-corrected chi connectivity index (χ0v) is 16.7. The highest BCUT2D eigenvalue weighted by molar-refractivity contribution is 6.03. The molecule has 27 heavy (non-hydrogen) atoms. The summed E-state index contributed by atoms with van der Waals surface area (Å²) in [6.45, 7) is 10.6. The quantitative estimate of drug-likeness (QED) is 0.760. The Bertz CT molecular complexity index is 876. The summed E-state index contributed by atoms with van der Waals surface area (Å²) >= 11 is 0. The topological polar surface area (TPSA) is 47.6 Å². The highest BCUT2D eigenvalue weighted by Gasteiger charge is 2.21. The smallest absolute Gasteiger partial charge is 0.248 e. The third kappa shape index (κ3) is 4.33. The van der Waals surface area contributed by atoms with Crippen molar-refractivity contribution in [2.75, 3.05) is 11.9 Å². The summed E-state index contributed by atoms with van der Waals surface area (Å²) in [4.78, 5) is 12.5. The Morgan fingerprint density at radius 3 is 2.59 bits per heavy atom. The average molecular weight is 365 g/mol. The molecule has 0 saturated carbocycles. The second kappa shape index (κ2) is 7.87. The van der Waals surface area contributed by atoms with Gasteiger partial charge in [0.05, 0.1) is 6.61 Å². The third-order valence-electron chi connectivity index (χ3n) is 4.67. The first-order valence-corrected chi connectivity index (χ1v) is 9.40. The lowest BCUT2D eigenvalue weighted by atomic mass is 10.0. The van der Waals surface area contributed by atoms with Gasteiger partial charge in [-0.05, 0) is 64.0 Å². The Balaban J connectivity index is 1.81. The average Bonchev–Trinajstić information content (AvgIpc) is 2.95. The monoisotopic (exact) mass is 365 g/mol. The minimum absolute atomic E-state index is 0.165. The van der Waals surface area contributed by atoms with Crippen LogP contribution in [0.3, 0.4) is 0 Å². The highest BCUT2D eigenvalue weighted by Crippen LogP contribution is 2.35. The van der Waals surface area contributed by atoms with Crippen LogP contribution in [0.5, 0.6) is 11.5 Å². The van der Waals surface area contributed by atoms with Gasteiger partial charge in [0.2, 0.25) is 5.91 Å². The van der Waals surface area contributed by atoms with Crippen molar-refractivity contribution < 1.29 is 14.3 Å². The van der Waals surface area contributed by atoms with E-state index in [9.17, 15) is 4.79 Å². The molecule has 3 rings (SSSR count). The maximum Gasteiger partial charge on any atom is 0.248 e. The van der Waals surface area contributed by atoms with E-state index in [0.29, 0.717) is 6.61 Å². The van der Waals surface area contributed by atoms with Crippen LogP contribution in [0.1, 0.15) is 41.7 Å². The summed E-state index contributed by atoms with van der Waals surface area (Å²) in [6, 6.07) is 8.11. The molecule has 0 radical (unpaired) electrons. The molecule has 1 aliphatic rings. The number of amides is 1. The number of carbonyl (C=O) groups is 1. The third-order valence-corrected chi connectivity index (χ3v) is 4.67. The first-order valence-electron chi connectivity index (χ1n) is 9.40. The Labute approximate surface area is 161 Å². The lowest BCUT2D eigenvalue weighted by molar-refractivity contribution is -0.111. The van der Waals surface area contributed by atoms with Gasteiger partial charge in [-0.3, -0.25) is 4.79 Å². The van der Waals surface area contributed by atoms with Gasteiger partial charge < -0.3 is 14.8 Å². The van der Waals surface area contributed by atoms with Crippen LogP contribution in [0.25, 0.3) is 6.08 Å². The van der Waals surface area contributed by atoms with Crippen molar-refractivity contribution in [3.05, 3.63) is 58.2 Å². The molecule has 0 spiro atoms. The van der Waals surface area contributed by atoms with Gasteiger partial charge in [0.1, 0.15) is 17.6 Å². The fourth-order valence-electron chi connectivity index (χ4n) is 3.57. The molecule has 1 amide bonds. The number of carbonyl (C=O) groups excluding carboxylic acids is 1. The Morgan fingerprint density at radius 1 is 1.22 bits per heavy atom. The number of hydrogen-bond acceptors (Lipinski definition) is 3. The molecule has 2 aromatic rings. The Hall–Kier alpha value is -2.75. The number of hydrogen-bond donors (Lipinski definition) is 1. The van der Waals surface area contributed by atoms with E-state index < -0.39 is 0 Å². The summed E-state index contributed by atoms with van der Waals surface area (Å²) in [6.07, 6.45) is 4.38. The van der Waals surface area contributed by atoms with Crippen LogP contribution in [-0.4, -0.2) is 18.6 Å². The number of anilines is 1. The van der Waals surface area contributed by atoms with Gasteiger partial charge in [-0.1, -0.05) is 17.7 Å². The van der Waals surface area contributed by atoms with Gasteiger partial charge in [-0.25, -0.2) is 0 Å². The number of rotatable bonds is 5. The Morgan fingerprint density at radius 2 is 1.93 bits per heavy atom. The van der Waals surface area contributed by atoms with Gasteiger partial charge >= 0.3 is 0 Å². The summed E-state index contributed by atoms with van der Waals surface area (Å²) < 4.78 is 11.6. The van der Waals surface area contributed by atoms with Gasteiger partial charge in [0, 0.05) is 29.3 Å². The van der Waals surface area contributed by atoms with Crippen molar-refractivity contribution >= 4 is 17.7 Å². The molecule has 1 N–H and O–H groups in total. The van der Waals surface area contributed by atoms with Crippen molar-refractivity contribution in [3.8, 4) is 11.5 Å². The zero-order valence-electron chi connectivity index (χ0n) is 16.7. The lowest BCUT2D eigenvalue weighted by Crippen LogP contribution is -2.10. The molecule has 0 bridgehead atoms. The zero-order chi connectivity index (χ0) is 19.6. The Kier molecular flexibility index (Phi) is 5.54. The molecule has 1 aliphatic heterocycles. The van der Waals surface area contributed by atoms with E-state index in [2.05, 4.69) is 31.3 Å². The maximum atomic E-state index is 12.5. The van der Waals surface area contributed by atoms with Crippen molar-refractivity contribution in [2.45, 2.75) is 47.1 Å². The van der Waals surface area contributed by atoms with Crippen LogP contribution in [0.4, 0.5) is 5.69 Å². The van der Waals surface area contributed by atoms with E-state index in [-0.39, 0.29) is 12.0 Å². The number of fused-ring (bicyclic) bond motifs is 1. The van der Waals surface area contributed by atoms with E-state index in [1.807, 2.05) is 32.9 Å². The van der Waals surface area contributed by atoms with Crippen LogP contribution in [-0.2, 0) is 11.2 Å². The number of benzene rings is 2. The number of aryl methyl sites for hydroxylation is 3. The first kappa shape index (κ1) is 19.0. The molecular weight excluding hydrogens is 338 g/mol. The normalized spacial score (nSPS) is 15.5. The van der Waals surface area contributed by atoms with Gasteiger partial charge in [0.15, 0.2) is 0 Å². The minimum Gasteiger partial charge on any atom is -0.493 e. The molecule has 0 aliphatic carbocycles. The standard InChI is InChI=1S/C23H27NO3/c1-6-26-20-13-19-11-17(5)27-21(19)12-18(20)7-8-22(25)24-23-15(3)9-14(2)10-16(23)4/h7-10,12-13,17H,6,11H2,1-5H3,(H,24,25)/b8-7-/t17-/m0/s1. The predicted molar refractivity (Wildman–Crippen MR) is 110 cm³/mol. The van der Waals surface area contributed by atoms with Crippen molar-refractivity contribution in [3.63, 3.8) is 0 Å². The van der Waals surface area contributed by atoms with Crippen LogP contribution >= 0.6 is 0 Å². The number of nitrogens with one attached hydrogen (secondary N) is 1. The second-order valence-electron chi connectivity index (χ2n) is 7.16. The van der Waals surface area contributed by atoms with E-state index in [0.717, 1.165) is 45.9 Å². The molecule has 0 fully saturated rings. The molecule has 2 aromatic carbocycles. The SMILES string of the molecule is CCOc1cc2c(cc1/C=C\C(=O)Nc1c(C)cc(C)cc1C)O[C@@H](C)C2. The fourth-order valence-corrected chi connectivity index (χ4v) is 3.57. The van der Waals surface area contributed by atoms with Crippen LogP contribution in [0.2, 0.25) is 0 Å². The summed E-state index contributed by atoms with van der Waals surface area (Å²) in [5.41, 5.74) is 6.17. The summed E-state index contributed by atoms with van der Waals surface area (Å²) in [5, 5.41) is 2.99. The highest BCUT2D eigenvalue weighted by atomic mass is 16.5. The van der Waals surface area contributed by atoms with Crippen molar-refractivity contribution in [2.24, 2.45) is 0 Å². The molecular formula is C23H27NO3. The number of ether oxygens (including phenoxy) is 2. The van der Waals surface area contributed by atoms with Crippen molar-refractivity contribution in [1.82, 2.24) is 0 Å². The van der Waals surface area contributed by atoms with Crippen LogP contribution in [0.15, 0.2) is 30.3 Å². The molecule has 1 heterocycles. The van der Waals surface area contributed by atoms with Crippen LogP contribution in [0, 0.1) is 20.8 Å². The van der Waals surface area contributed by atoms with E-state index in [1.165, 1.54) is 5.56 Å². The van der Waals surface area contributed by atoms with Gasteiger partial charge in [-0.2, -0.15) is 0 Å². The van der Waals surface area contributed by atoms with Crippen LogP contribution < -0.4 is 14.8 Å². The first-order chi connectivity index (χ1) is 12.9. The largest absolute Gasteiger partial charge is 0.493 e. The van der Waals surface area contributed by atoms with Gasteiger partial charge in [0.25, 0.3) is 0 Å². The maximum absolute atomic E-state index is 12.5. The molecule has 4 nitrogen and oxygen atoms in total. The molecule has 0 unspecified atom stereocenters. The molecule has 0 aromatic heterocycles. The van der Waals surface area contributed by atoms with E-state index >= 15 is 0 Å². The molecule has 0 saturated heterocycles. The van der Waals surface area contributed by atoms with E-state index in [4.69, 9.17) is 9.47 Å². The molecule has 4 heteroatoms. The predicted octanol–water partition coefficient (Wildman–Crippen LogP) is 4.99.